The van der Waals surface area contributed by atoms with E-state index in [1.165, 1.54) is 0 Å². The molecule has 3 unspecified atom stereocenters. The average Bonchev–Trinajstić information content (AvgIpc) is 2.70. The quantitative estimate of drug-likeness (QED) is 0.423. The van der Waals surface area contributed by atoms with Gasteiger partial charge in [-0.1, -0.05) is 36.2 Å². The van der Waals surface area contributed by atoms with Gasteiger partial charge < -0.3 is 20.3 Å². The van der Waals surface area contributed by atoms with Gasteiger partial charge in [-0.15, -0.1) is 0 Å². The number of alkyl carbamates (subject to hydrolysis) is 1. The lowest BCUT2D eigenvalue weighted by Gasteiger charge is -2.39. The number of amides is 3. The Morgan fingerprint density at radius 2 is 1.58 bits per heavy atom. The van der Waals surface area contributed by atoms with Crippen LogP contribution in [-0.2, 0) is 14.3 Å². The maximum atomic E-state index is 14.2. The van der Waals surface area contributed by atoms with E-state index in [-0.39, 0.29) is 17.9 Å². The van der Waals surface area contributed by atoms with Crippen molar-refractivity contribution in [1.82, 2.24) is 15.5 Å². The maximum Gasteiger partial charge on any atom is 0.408 e. The lowest BCUT2D eigenvalue weighted by atomic mass is 9.95. The van der Waals surface area contributed by atoms with Gasteiger partial charge in [-0.3, -0.25) is 9.59 Å². The number of benzene rings is 1. The summed E-state index contributed by atoms with van der Waals surface area (Å²) >= 11 is 1.59. The molecule has 0 heterocycles. The van der Waals surface area contributed by atoms with E-state index >= 15 is 0 Å². The van der Waals surface area contributed by atoms with Gasteiger partial charge in [-0.05, 0) is 92.7 Å². The van der Waals surface area contributed by atoms with Crippen molar-refractivity contribution in [3.05, 3.63) is 34.9 Å². The van der Waals surface area contributed by atoms with E-state index in [1.807, 2.05) is 72.9 Å². The molecule has 0 radical (unpaired) electrons. The van der Waals surface area contributed by atoms with Crippen LogP contribution in [-0.4, -0.2) is 58.0 Å². The lowest BCUT2D eigenvalue weighted by Crippen LogP contribution is -2.57. The van der Waals surface area contributed by atoms with Crippen LogP contribution in [0.1, 0.15) is 91.0 Å². The molecule has 7 nitrogen and oxygen atoms in total. The highest BCUT2D eigenvalue weighted by atomic mass is 32.2. The van der Waals surface area contributed by atoms with Crippen molar-refractivity contribution < 1.29 is 19.1 Å². The summed E-state index contributed by atoms with van der Waals surface area (Å²) in [6.07, 6.45) is 2.38. The molecule has 3 atom stereocenters. The highest BCUT2D eigenvalue weighted by Gasteiger charge is 2.39. The van der Waals surface area contributed by atoms with Crippen LogP contribution >= 0.6 is 11.8 Å². The third-order valence-electron chi connectivity index (χ3n) is 5.50. The SMILES string of the molecule is CCC(C)N(C(=O)C(CCSC)NC(=O)OC(C)(C)C)C(C(=O)NC(C)(C)C)c1cc(C)cc(C)c1. The van der Waals surface area contributed by atoms with Gasteiger partial charge in [0.1, 0.15) is 17.7 Å². The number of carbonyl (C=O) groups is 3. The first-order valence-corrected chi connectivity index (χ1v) is 14.1. The second kappa shape index (κ2) is 13.4. The van der Waals surface area contributed by atoms with Gasteiger partial charge in [-0.2, -0.15) is 11.8 Å². The minimum Gasteiger partial charge on any atom is -0.444 e. The van der Waals surface area contributed by atoms with Crippen LogP contribution in [0.25, 0.3) is 0 Å². The van der Waals surface area contributed by atoms with Gasteiger partial charge in [0.15, 0.2) is 0 Å². The Balaban J connectivity index is 3.60. The number of rotatable bonds is 10. The Morgan fingerprint density at radius 3 is 2.03 bits per heavy atom. The molecule has 36 heavy (non-hydrogen) atoms. The predicted octanol–water partition coefficient (Wildman–Crippen LogP) is 5.53. The van der Waals surface area contributed by atoms with Gasteiger partial charge in [-0.25, -0.2) is 4.79 Å². The zero-order chi connectivity index (χ0) is 27.8. The molecule has 3 amide bonds. The lowest BCUT2D eigenvalue weighted by molar-refractivity contribution is -0.145. The second-order valence-corrected chi connectivity index (χ2v) is 12.5. The number of thioether (sulfide) groups is 1. The van der Waals surface area contributed by atoms with Gasteiger partial charge in [0.05, 0.1) is 0 Å². The van der Waals surface area contributed by atoms with Crippen molar-refractivity contribution in [2.24, 2.45) is 0 Å². The highest BCUT2D eigenvalue weighted by Crippen LogP contribution is 2.29. The van der Waals surface area contributed by atoms with Crippen LogP contribution < -0.4 is 10.6 Å². The molecule has 8 heteroatoms. The fourth-order valence-corrected chi connectivity index (χ4v) is 4.43. The fourth-order valence-electron chi connectivity index (χ4n) is 3.96. The normalized spacial score (nSPS) is 14.4. The van der Waals surface area contributed by atoms with Crippen LogP contribution in [0.15, 0.2) is 18.2 Å². The van der Waals surface area contributed by atoms with Gasteiger partial charge >= 0.3 is 6.09 Å². The molecule has 0 spiro atoms. The minimum atomic E-state index is -0.845. The summed E-state index contributed by atoms with van der Waals surface area (Å²) in [5, 5.41) is 5.86. The summed E-state index contributed by atoms with van der Waals surface area (Å²) in [7, 11) is 0. The number of hydrogen-bond acceptors (Lipinski definition) is 5. The molecule has 0 fully saturated rings. The van der Waals surface area contributed by atoms with E-state index in [4.69, 9.17) is 4.74 Å². The summed E-state index contributed by atoms with van der Waals surface area (Å²) in [4.78, 5) is 42.3. The van der Waals surface area contributed by atoms with Crippen molar-refractivity contribution in [2.75, 3.05) is 12.0 Å². The molecule has 0 aliphatic heterocycles. The molecule has 1 rings (SSSR count). The number of nitrogens with zero attached hydrogens (tertiary/aromatic N) is 1. The van der Waals surface area contributed by atoms with Crippen LogP contribution in [0, 0.1) is 13.8 Å². The van der Waals surface area contributed by atoms with Crippen molar-refractivity contribution in [1.29, 1.82) is 0 Å². The smallest absolute Gasteiger partial charge is 0.408 e. The first-order valence-electron chi connectivity index (χ1n) is 12.7. The molecule has 0 bridgehead atoms. The van der Waals surface area contributed by atoms with Crippen LogP contribution in [0.5, 0.6) is 0 Å². The van der Waals surface area contributed by atoms with Crippen molar-refractivity contribution in [2.45, 2.75) is 111 Å². The maximum absolute atomic E-state index is 14.2. The van der Waals surface area contributed by atoms with Crippen molar-refractivity contribution >= 4 is 29.7 Å². The van der Waals surface area contributed by atoms with Crippen molar-refractivity contribution in [3.63, 3.8) is 0 Å². The molecule has 0 aromatic heterocycles. The molecular weight excluding hydrogens is 474 g/mol. The molecule has 0 aliphatic carbocycles. The molecule has 1 aromatic rings. The number of nitrogens with one attached hydrogen (secondary N) is 2. The average molecular weight is 522 g/mol. The summed E-state index contributed by atoms with van der Waals surface area (Å²) in [5.41, 5.74) is 1.61. The Labute approximate surface area is 222 Å². The third kappa shape index (κ3) is 10.4. The number of aryl methyl sites for hydroxylation is 2. The second-order valence-electron chi connectivity index (χ2n) is 11.5. The van der Waals surface area contributed by atoms with E-state index in [0.29, 0.717) is 18.6 Å². The number of carbonyl (C=O) groups excluding carboxylic acids is 3. The molecular formula is C28H47N3O4S. The van der Waals surface area contributed by atoms with E-state index in [1.54, 1.807) is 37.4 Å². The predicted molar refractivity (Wildman–Crippen MR) is 149 cm³/mol. The monoisotopic (exact) mass is 521 g/mol. The third-order valence-corrected chi connectivity index (χ3v) is 6.15. The first kappa shape index (κ1) is 31.8. The molecule has 0 saturated carbocycles. The van der Waals surface area contributed by atoms with Crippen molar-refractivity contribution in [3.8, 4) is 0 Å². The summed E-state index contributed by atoms with van der Waals surface area (Å²) in [6.45, 7) is 19.0. The Bertz CT molecular complexity index is 885. The Kier molecular flexibility index (Phi) is 11.8. The highest BCUT2D eigenvalue weighted by molar-refractivity contribution is 7.98. The molecule has 204 valence electrons. The standard InChI is InChI=1S/C28H47N3O4S/c1-12-20(4)31(25(33)22(13-14-36-11)29-26(34)35-28(8,9)10)23(24(32)30-27(5,6)7)21-16-18(2)15-19(3)17-21/h15-17,20,22-23H,12-14H2,1-11H3,(H,29,34)(H,30,32). The molecule has 0 saturated heterocycles. The summed E-state index contributed by atoms with van der Waals surface area (Å²) in [6, 6.07) is 4.05. The van der Waals surface area contributed by atoms with Gasteiger partial charge in [0, 0.05) is 11.6 Å². The summed E-state index contributed by atoms with van der Waals surface area (Å²) in [5.74, 6) is 0.127. The van der Waals surface area contributed by atoms with Crippen LogP contribution in [0.2, 0.25) is 0 Å². The van der Waals surface area contributed by atoms with E-state index < -0.39 is 29.3 Å². The molecule has 2 N–H and O–H groups in total. The van der Waals surface area contributed by atoms with Crippen LogP contribution in [0.4, 0.5) is 4.79 Å². The van der Waals surface area contributed by atoms with E-state index in [2.05, 4.69) is 10.6 Å². The number of hydrogen-bond donors (Lipinski definition) is 2. The molecule has 1 aromatic carbocycles. The van der Waals surface area contributed by atoms with Gasteiger partial charge in [0.25, 0.3) is 0 Å². The van der Waals surface area contributed by atoms with E-state index in [9.17, 15) is 14.4 Å². The van der Waals surface area contributed by atoms with E-state index in [0.717, 1.165) is 16.7 Å². The first-order chi connectivity index (χ1) is 16.5. The Morgan fingerprint density at radius 1 is 1.03 bits per heavy atom. The zero-order valence-corrected chi connectivity index (χ0v) is 24.9. The topological polar surface area (TPSA) is 87.7 Å². The minimum absolute atomic E-state index is 0.244. The summed E-state index contributed by atoms with van der Waals surface area (Å²) < 4.78 is 5.45. The molecule has 0 aliphatic rings. The number of ether oxygens (including phenoxy) is 1. The van der Waals surface area contributed by atoms with Crippen LogP contribution in [0.3, 0.4) is 0 Å². The van der Waals surface area contributed by atoms with Gasteiger partial charge in [0.2, 0.25) is 11.8 Å². The Hall–Kier alpha value is -2.22. The largest absolute Gasteiger partial charge is 0.444 e. The zero-order valence-electron chi connectivity index (χ0n) is 24.1. The fraction of sp³-hybridized carbons (Fsp3) is 0.679.